The number of hydrogen-bond acceptors (Lipinski definition) is 5. The van der Waals surface area contributed by atoms with Crippen molar-refractivity contribution in [2.75, 3.05) is 26.2 Å². The second-order valence-electron chi connectivity index (χ2n) is 9.26. The lowest BCUT2D eigenvalue weighted by molar-refractivity contribution is -0.144. The minimum absolute atomic E-state index is 0. The number of hydrogen-bond donors (Lipinski definition) is 1. The van der Waals surface area contributed by atoms with Crippen molar-refractivity contribution in [2.45, 2.75) is 77.2 Å². The quantitative estimate of drug-likeness (QED) is 0.488. The molecule has 0 spiro atoms. The van der Waals surface area contributed by atoms with Crippen LogP contribution in [0.15, 0.2) is 0 Å². The maximum atomic E-state index is 12.1. The number of ketones is 2. The van der Waals surface area contributed by atoms with E-state index in [4.69, 9.17) is 4.74 Å². The molecule has 1 N–H and O–H groups in total. The number of nitrogens with one attached hydrogen (secondary N) is 1. The Balaban J connectivity index is 0.000000676. The van der Waals surface area contributed by atoms with Crippen LogP contribution in [0.3, 0.4) is 0 Å². The van der Waals surface area contributed by atoms with E-state index in [1.807, 2.05) is 0 Å². The molecule has 2 saturated heterocycles. The van der Waals surface area contributed by atoms with E-state index in [0.29, 0.717) is 25.9 Å². The van der Waals surface area contributed by atoms with Gasteiger partial charge in [-0.15, -0.1) is 12.4 Å². The molecule has 0 aliphatic carbocycles. The van der Waals surface area contributed by atoms with E-state index in [1.165, 1.54) is 4.90 Å². The molecule has 2 unspecified atom stereocenters. The summed E-state index contributed by atoms with van der Waals surface area (Å²) in [5.74, 6) is -1.40. The van der Waals surface area contributed by atoms with Gasteiger partial charge in [0.15, 0.2) is 0 Å². The van der Waals surface area contributed by atoms with Crippen LogP contribution in [0, 0.1) is 11.8 Å². The highest BCUT2D eigenvalue weighted by Crippen LogP contribution is 2.26. The van der Waals surface area contributed by atoms with E-state index in [0.717, 1.165) is 6.54 Å². The third kappa shape index (κ3) is 14.0. The van der Waals surface area contributed by atoms with Gasteiger partial charge in [0.2, 0.25) is 0 Å². The minimum Gasteiger partial charge on any atom is -0.444 e. The van der Waals surface area contributed by atoms with Crippen LogP contribution in [-0.4, -0.2) is 66.7 Å². The highest BCUT2D eigenvalue weighted by Gasteiger charge is 2.35. The van der Waals surface area contributed by atoms with Crippen LogP contribution < -0.4 is 5.32 Å². The van der Waals surface area contributed by atoms with Crippen molar-refractivity contribution in [3.63, 3.8) is 0 Å². The molecule has 13 heteroatoms. The maximum absolute atomic E-state index is 12.1. The molecule has 200 valence electrons. The highest BCUT2D eigenvalue weighted by molar-refractivity contribution is 5.85. The molecule has 2 aliphatic heterocycles. The molecule has 0 radical (unpaired) electrons. The Labute approximate surface area is 201 Å². The summed E-state index contributed by atoms with van der Waals surface area (Å²) in [6, 6.07) is 0. The van der Waals surface area contributed by atoms with Crippen LogP contribution in [0.5, 0.6) is 0 Å². The third-order valence-electron chi connectivity index (χ3n) is 5.12. The second-order valence-corrected chi connectivity index (χ2v) is 9.26. The summed E-state index contributed by atoms with van der Waals surface area (Å²) < 4.78 is 76.5. The van der Waals surface area contributed by atoms with Crippen LogP contribution in [-0.2, 0) is 14.3 Å². The maximum Gasteiger partial charge on any atom is 0.410 e. The lowest BCUT2D eigenvalue weighted by Gasteiger charge is -2.24. The molecule has 6 nitrogen and oxygen atoms in total. The van der Waals surface area contributed by atoms with Crippen molar-refractivity contribution in [3.05, 3.63) is 0 Å². The van der Waals surface area contributed by atoms with Gasteiger partial charge in [-0.1, -0.05) is 0 Å². The Hall–Kier alpha value is -1.56. The van der Waals surface area contributed by atoms with Crippen molar-refractivity contribution in [3.8, 4) is 0 Å². The number of likely N-dealkylation sites (tertiary alicyclic amines) is 1. The SMILES string of the molecule is CC(C)(C)OC(=O)N1CCC(C(=O)CCC(F)(F)F)C1.Cl.O=C(CCC(F)(F)F)C1CCNC1. The van der Waals surface area contributed by atoms with Crippen LogP contribution >= 0.6 is 12.4 Å². The zero-order valence-corrected chi connectivity index (χ0v) is 20.3. The largest absolute Gasteiger partial charge is 0.444 e. The monoisotopic (exact) mass is 526 g/mol. The predicted octanol–water partition coefficient (Wildman–Crippen LogP) is 5.08. The number of halogens is 7. The van der Waals surface area contributed by atoms with E-state index in [1.54, 1.807) is 20.8 Å². The van der Waals surface area contributed by atoms with Crippen LogP contribution in [0.2, 0.25) is 0 Å². The van der Waals surface area contributed by atoms with Gasteiger partial charge in [0, 0.05) is 44.3 Å². The number of nitrogens with zero attached hydrogens (tertiary/aromatic N) is 1. The fourth-order valence-electron chi connectivity index (χ4n) is 3.38. The Morgan fingerprint density at radius 1 is 0.882 bits per heavy atom. The number of amides is 1. The number of ether oxygens (including phenoxy) is 1. The van der Waals surface area contributed by atoms with E-state index < -0.39 is 55.0 Å². The van der Waals surface area contributed by atoms with Gasteiger partial charge in [-0.3, -0.25) is 9.59 Å². The van der Waals surface area contributed by atoms with Gasteiger partial charge in [-0.05, 0) is 40.2 Å². The predicted molar refractivity (Wildman–Crippen MR) is 115 cm³/mol. The number of Topliss-reactive ketones (excluding diaryl/α,β-unsaturated/α-hetero) is 2. The standard InChI is InChI=1S/C13H20F3NO3.C8H12F3NO.ClH/c1-12(2,3)20-11(19)17-7-5-9(8-17)10(18)4-6-13(14,15)16;9-8(10,11)3-1-7(13)6-2-4-12-5-6;/h9H,4-8H2,1-3H3;6,12H,1-5H2;1H. The molecule has 0 aromatic carbocycles. The van der Waals surface area contributed by atoms with Gasteiger partial charge in [0.1, 0.15) is 17.2 Å². The molecule has 0 aromatic rings. The molecule has 2 aliphatic rings. The Morgan fingerprint density at radius 2 is 1.38 bits per heavy atom. The first-order valence-corrected chi connectivity index (χ1v) is 10.8. The summed E-state index contributed by atoms with van der Waals surface area (Å²) in [5, 5.41) is 2.95. The molecule has 2 heterocycles. The lowest BCUT2D eigenvalue weighted by Crippen LogP contribution is -2.35. The number of carbonyl (C=O) groups is 3. The highest BCUT2D eigenvalue weighted by atomic mass is 35.5. The van der Waals surface area contributed by atoms with Crippen LogP contribution in [0.4, 0.5) is 31.1 Å². The molecule has 2 atom stereocenters. The van der Waals surface area contributed by atoms with Crippen LogP contribution in [0.1, 0.15) is 59.3 Å². The fraction of sp³-hybridized carbons (Fsp3) is 0.857. The molecule has 0 aromatic heterocycles. The molecule has 1 amide bonds. The molecular formula is C21H33ClF6N2O4. The van der Waals surface area contributed by atoms with Crippen molar-refractivity contribution >= 4 is 30.1 Å². The number of alkyl halides is 6. The zero-order valence-electron chi connectivity index (χ0n) is 19.5. The van der Waals surface area contributed by atoms with Gasteiger partial charge >= 0.3 is 18.4 Å². The zero-order chi connectivity index (χ0) is 25.4. The van der Waals surface area contributed by atoms with E-state index >= 15 is 0 Å². The molecule has 34 heavy (non-hydrogen) atoms. The first-order valence-electron chi connectivity index (χ1n) is 10.8. The first kappa shape index (κ1) is 32.4. The average molecular weight is 527 g/mol. The first-order chi connectivity index (χ1) is 15.0. The Morgan fingerprint density at radius 3 is 1.79 bits per heavy atom. The Bertz CT molecular complexity index is 674. The Kier molecular flexibility index (Phi) is 12.9. The summed E-state index contributed by atoms with van der Waals surface area (Å²) in [7, 11) is 0. The van der Waals surface area contributed by atoms with E-state index in [-0.39, 0.29) is 37.1 Å². The van der Waals surface area contributed by atoms with E-state index in [9.17, 15) is 40.7 Å². The molecule has 0 bridgehead atoms. The fourth-order valence-corrected chi connectivity index (χ4v) is 3.38. The average Bonchev–Trinajstić information content (AvgIpc) is 3.34. The van der Waals surface area contributed by atoms with Crippen molar-refractivity contribution in [1.29, 1.82) is 0 Å². The van der Waals surface area contributed by atoms with Crippen molar-refractivity contribution in [2.24, 2.45) is 11.8 Å². The molecule has 0 saturated carbocycles. The summed E-state index contributed by atoms with van der Waals surface area (Å²) in [6.07, 6.45) is -10.9. The topological polar surface area (TPSA) is 75.7 Å². The summed E-state index contributed by atoms with van der Waals surface area (Å²) in [4.78, 5) is 36.0. The van der Waals surface area contributed by atoms with Gasteiger partial charge in [-0.25, -0.2) is 4.79 Å². The second kappa shape index (κ2) is 13.5. The van der Waals surface area contributed by atoms with Gasteiger partial charge in [0.25, 0.3) is 0 Å². The molecular weight excluding hydrogens is 494 g/mol. The van der Waals surface area contributed by atoms with Gasteiger partial charge in [-0.2, -0.15) is 26.3 Å². The smallest absolute Gasteiger partial charge is 0.410 e. The molecule has 2 fully saturated rings. The van der Waals surface area contributed by atoms with Crippen molar-refractivity contribution < 1.29 is 45.5 Å². The number of rotatable bonds is 6. The summed E-state index contributed by atoms with van der Waals surface area (Å²) in [6.45, 7) is 6.95. The lowest BCUT2D eigenvalue weighted by atomic mass is 9.99. The third-order valence-corrected chi connectivity index (χ3v) is 5.12. The summed E-state index contributed by atoms with van der Waals surface area (Å²) in [5.41, 5.74) is -0.630. The van der Waals surface area contributed by atoms with Gasteiger partial charge < -0.3 is 15.0 Å². The van der Waals surface area contributed by atoms with Gasteiger partial charge in [0.05, 0.1) is 12.8 Å². The molecule has 2 rings (SSSR count). The minimum atomic E-state index is -4.32. The normalized spacial score (nSPS) is 20.8. The number of carbonyl (C=O) groups excluding carboxylic acids is 3. The van der Waals surface area contributed by atoms with Crippen LogP contribution in [0.25, 0.3) is 0 Å². The summed E-state index contributed by atoms with van der Waals surface area (Å²) >= 11 is 0. The van der Waals surface area contributed by atoms with E-state index in [2.05, 4.69) is 5.32 Å². The van der Waals surface area contributed by atoms with Crippen molar-refractivity contribution in [1.82, 2.24) is 10.2 Å².